The highest BCUT2D eigenvalue weighted by molar-refractivity contribution is 7.22. The van der Waals surface area contributed by atoms with Crippen LogP contribution in [-0.2, 0) is 0 Å². The first-order valence-electron chi connectivity index (χ1n) is 9.04. The summed E-state index contributed by atoms with van der Waals surface area (Å²) in [5.41, 5.74) is 3.04. The maximum atomic E-state index is 12.8. The molecule has 5 rings (SSSR count). The van der Waals surface area contributed by atoms with Crippen molar-refractivity contribution in [1.82, 2.24) is 4.98 Å². The van der Waals surface area contributed by atoms with E-state index in [0.29, 0.717) is 15.0 Å². The van der Waals surface area contributed by atoms with Crippen LogP contribution in [0.15, 0.2) is 66.0 Å². The molecular formula is C23H15ClN2OS2. The van der Waals surface area contributed by atoms with Crippen LogP contribution in [0, 0.1) is 6.92 Å². The third kappa shape index (κ3) is 3.31. The van der Waals surface area contributed by atoms with Crippen LogP contribution in [0.25, 0.3) is 32.1 Å². The fraction of sp³-hybridized carbons (Fsp3) is 0.0435. The molecule has 0 bridgehead atoms. The van der Waals surface area contributed by atoms with Gasteiger partial charge in [-0.2, -0.15) is 0 Å². The minimum absolute atomic E-state index is 0.229. The van der Waals surface area contributed by atoms with E-state index in [1.807, 2.05) is 54.8 Å². The Hall–Kier alpha value is -2.73. The Bertz CT molecular complexity index is 1380. The van der Waals surface area contributed by atoms with Gasteiger partial charge in [0.25, 0.3) is 5.91 Å². The molecule has 1 N–H and O–H groups in total. The Labute approximate surface area is 180 Å². The summed E-state index contributed by atoms with van der Waals surface area (Å²) in [6, 6.07) is 20.4. The molecule has 0 aliphatic carbocycles. The van der Waals surface area contributed by atoms with Crippen molar-refractivity contribution in [2.24, 2.45) is 0 Å². The summed E-state index contributed by atoms with van der Waals surface area (Å²) < 4.78 is 1.01. The van der Waals surface area contributed by atoms with Gasteiger partial charge < -0.3 is 0 Å². The maximum Gasteiger partial charge on any atom is 0.269 e. The number of halogens is 1. The van der Waals surface area contributed by atoms with Gasteiger partial charge in [-0.25, -0.2) is 4.98 Å². The normalized spacial score (nSPS) is 11.2. The van der Waals surface area contributed by atoms with Crippen molar-refractivity contribution in [2.75, 3.05) is 5.32 Å². The number of amides is 1. The van der Waals surface area contributed by atoms with Crippen molar-refractivity contribution in [3.63, 3.8) is 0 Å². The molecule has 2 aromatic heterocycles. The van der Waals surface area contributed by atoms with Crippen molar-refractivity contribution in [3.8, 4) is 11.3 Å². The molecule has 5 aromatic rings. The van der Waals surface area contributed by atoms with Crippen molar-refractivity contribution in [2.45, 2.75) is 6.92 Å². The summed E-state index contributed by atoms with van der Waals surface area (Å²) in [6.45, 7) is 2.02. The molecule has 29 heavy (non-hydrogen) atoms. The smallest absolute Gasteiger partial charge is 0.269 e. The fourth-order valence-electron chi connectivity index (χ4n) is 3.38. The zero-order chi connectivity index (χ0) is 20.0. The van der Waals surface area contributed by atoms with Gasteiger partial charge in [0.1, 0.15) is 4.88 Å². The lowest BCUT2D eigenvalue weighted by atomic mass is 10.0. The first-order chi connectivity index (χ1) is 14.1. The van der Waals surface area contributed by atoms with Crippen LogP contribution in [0.4, 0.5) is 5.13 Å². The van der Waals surface area contributed by atoms with E-state index in [1.165, 1.54) is 22.7 Å². The number of thiophene rings is 1. The molecule has 0 saturated carbocycles. The largest absolute Gasteiger partial charge is 0.297 e. The van der Waals surface area contributed by atoms with E-state index in [-0.39, 0.29) is 5.91 Å². The van der Waals surface area contributed by atoms with Crippen LogP contribution in [0.2, 0.25) is 5.02 Å². The number of aryl methyl sites for hydroxylation is 1. The van der Waals surface area contributed by atoms with E-state index in [4.69, 9.17) is 11.6 Å². The average molecular weight is 435 g/mol. The third-order valence-corrected chi connectivity index (χ3v) is 7.20. The molecule has 0 aliphatic heterocycles. The number of benzene rings is 3. The van der Waals surface area contributed by atoms with Crippen molar-refractivity contribution < 1.29 is 4.79 Å². The Morgan fingerprint density at radius 3 is 2.76 bits per heavy atom. The second kappa shape index (κ2) is 7.26. The quantitative estimate of drug-likeness (QED) is 0.321. The SMILES string of the molecule is Cc1ccc2c(Cl)c(C(=O)Nc3nc(-c4cccc5ccccc45)cs3)sc2c1. The molecule has 0 spiro atoms. The molecule has 3 aromatic carbocycles. The van der Waals surface area contributed by atoms with E-state index in [1.54, 1.807) is 0 Å². The first kappa shape index (κ1) is 18.3. The first-order valence-corrected chi connectivity index (χ1v) is 11.1. The zero-order valence-electron chi connectivity index (χ0n) is 15.4. The molecule has 0 saturated heterocycles. The Kier molecular flexibility index (Phi) is 4.59. The van der Waals surface area contributed by atoms with Crippen LogP contribution in [0.1, 0.15) is 15.2 Å². The van der Waals surface area contributed by atoms with E-state index in [0.717, 1.165) is 37.7 Å². The molecule has 1 amide bonds. The number of aromatic nitrogens is 1. The Morgan fingerprint density at radius 1 is 1.03 bits per heavy atom. The van der Waals surface area contributed by atoms with Gasteiger partial charge in [0.05, 0.1) is 10.7 Å². The Morgan fingerprint density at radius 2 is 1.86 bits per heavy atom. The summed E-state index contributed by atoms with van der Waals surface area (Å²) in [5, 5.41) is 9.13. The van der Waals surface area contributed by atoms with Crippen LogP contribution in [-0.4, -0.2) is 10.9 Å². The predicted molar refractivity (Wildman–Crippen MR) is 125 cm³/mol. The van der Waals surface area contributed by atoms with Gasteiger partial charge in [-0.05, 0) is 29.3 Å². The van der Waals surface area contributed by atoms with Gasteiger partial charge in [-0.15, -0.1) is 22.7 Å². The predicted octanol–water partition coefficient (Wildman–Crippen LogP) is 7.39. The topological polar surface area (TPSA) is 42.0 Å². The average Bonchev–Trinajstić information content (AvgIpc) is 3.32. The highest BCUT2D eigenvalue weighted by Crippen LogP contribution is 2.37. The number of hydrogen-bond donors (Lipinski definition) is 1. The molecular weight excluding hydrogens is 420 g/mol. The van der Waals surface area contributed by atoms with Gasteiger partial charge in [0.2, 0.25) is 0 Å². The van der Waals surface area contributed by atoms with E-state index < -0.39 is 0 Å². The van der Waals surface area contributed by atoms with Crippen molar-refractivity contribution >= 4 is 66.2 Å². The second-order valence-corrected chi connectivity index (χ2v) is 9.05. The summed E-state index contributed by atoms with van der Waals surface area (Å²) >= 11 is 9.28. The van der Waals surface area contributed by atoms with E-state index in [2.05, 4.69) is 28.5 Å². The summed E-state index contributed by atoms with van der Waals surface area (Å²) in [4.78, 5) is 18.0. The number of fused-ring (bicyclic) bond motifs is 2. The van der Waals surface area contributed by atoms with Gasteiger partial charge in [-0.3, -0.25) is 10.1 Å². The van der Waals surface area contributed by atoms with Gasteiger partial charge in [0.15, 0.2) is 5.13 Å². The lowest BCUT2D eigenvalue weighted by molar-refractivity contribution is 0.103. The Balaban J connectivity index is 1.46. The molecule has 3 nitrogen and oxygen atoms in total. The molecule has 6 heteroatoms. The number of nitrogens with zero attached hydrogens (tertiary/aromatic N) is 1. The standard InChI is InChI=1S/C23H15ClN2OS2/c1-13-9-10-17-19(11-13)29-21(20(17)24)22(27)26-23-25-18(12-28-23)16-8-4-6-14-5-2-3-7-15(14)16/h2-12H,1H3,(H,25,26,27). The van der Waals surface area contributed by atoms with Crippen LogP contribution < -0.4 is 5.32 Å². The number of nitrogens with one attached hydrogen (secondary N) is 1. The van der Waals surface area contributed by atoms with Crippen LogP contribution in [0.5, 0.6) is 0 Å². The molecule has 0 atom stereocenters. The number of rotatable bonds is 3. The number of anilines is 1. The number of thiazole rings is 1. The molecule has 142 valence electrons. The summed E-state index contributed by atoms with van der Waals surface area (Å²) in [7, 11) is 0. The van der Waals surface area contributed by atoms with E-state index in [9.17, 15) is 4.79 Å². The lowest BCUT2D eigenvalue weighted by Gasteiger charge is -2.03. The fourth-order valence-corrected chi connectivity index (χ4v) is 5.59. The number of carbonyl (C=O) groups excluding carboxylic acids is 1. The van der Waals surface area contributed by atoms with Gasteiger partial charge in [-0.1, -0.05) is 66.2 Å². The highest BCUT2D eigenvalue weighted by Gasteiger charge is 2.19. The van der Waals surface area contributed by atoms with E-state index >= 15 is 0 Å². The zero-order valence-corrected chi connectivity index (χ0v) is 17.8. The molecule has 0 fully saturated rings. The van der Waals surface area contributed by atoms with Gasteiger partial charge in [0, 0.05) is 21.0 Å². The highest BCUT2D eigenvalue weighted by atomic mass is 35.5. The summed E-state index contributed by atoms with van der Waals surface area (Å²) in [5.74, 6) is -0.229. The number of hydrogen-bond acceptors (Lipinski definition) is 4. The van der Waals surface area contributed by atoms with Crippen molar-refractivity contribution in [3.05, 3.63) is 81.5 Å². The second-order valence-electron chi connectivity index (χ2n) is 6.76. The molecule has 0 unspecified atom stereocenters. The van der Waals surface area contributed by atoms with Crippen LogP contribution in [0.3, 0.4) is 0 Å². The monoisotopic (exact) mass is 434 g/mol. The maximum absolute atomic E-state index is 12.8. The lowest BCUT2D eigenvalue weighted by Crippen LogP contribution is -2.10. The summed E-state index contributed by atoms with van der Waals surface area (Å²) in [6.07, 6.45) is 0. The third-order valence-electron chi connectivity index (χ3n) is 4.78. The molecule has 2 heterocycles. The minimum Gasteiger partial charge on any atom is -0.297 e. The number of carbonyl (C=O) groups is 1. The van der Waals surface area contributed by atoms with Gasteiger partial charge >= 0.3 is 0 Å². The van der Waals surface area contributed by atoms with Crippen LogP contribution >= 0.6 is 34.3 Å². The molecule has 0 aliphatic rings. The molecule has 0 radical (unpaired) electrons. The minimum atomic E-state index is -0.229. The van der Waals surface area contributed by atoms with Crippen molar-refractivity contribution in [1.29, 1.82) is 0 Å².